The highest BCUT2D eigenvalue weighted by molar-refractivity contribution is 6.01. The Balaban J connectivity index is 2.95. The Morgan fingerprint density at radius 1 is 1.33 bits per heavy atom. The number of hydrogen-bond donors (Lipinski definition) is 3. The fourth-order valence-electron chi connectivity index (χ4n) is 1.05. The molecule has 1 rings (SSSR count). The number of phenolic OH excluding ortho intramolecular Hbond substituents is 2. The maximum Gasteiger partial charge on any atom is 0.236 e. The standard InChI is InChI=1S/C10H12N2O3/c1-6(11-12-7(2)13)9-4-3-8(14)5-10(9)15/h3-5,14-15H,1-2H3,(H,12,13). The summed E-state index contributed by atoms with van der Waals surface area (Å²) in [4.78, 5) is 10.6. The van der Waals surface area contributed by atoms with E-state index in [4.69, 9.17) is 5.11 Å². The maximum absolute atomic E-state index is 10.6. The first-order valence-electron chi connectivity index (χ1n) is 4.34. The molecule has 0 atom stereocenters. The van der Waals surface area contributed by atoms with Crippen LogP contribution in [0.2, 0.25) is 0 Å². The summed E-state index contributed by atoms with van der Waals surface area (Å²) in [6, 6.07) is 4.16. The van der Waals surface area contributed by atoms with Crippen LogP contribution in [0.3, 0.4) is 0 Å². The molecule has 0 saturated heterocycles. The fraction of sp³-hybridized carbons (Fsp3) is 0.200. The molecule has 0 spiro atoms. The third-order valence-electron chi connectivity index (χ3n) is 1.75. The molecule has 0 saturated carbocycles. The third-order valence-corrected chi connectivity index (χ3v) is 1.75. The number of nitrogens with one attached hydrogen (secondary N) is 1. The molecule has 1 aromatic carbocycles. The number of hydrogen-bond acceptors (Lipinski definition) is 4. The van der Waals surface area contributed by atoms with E-state index in [0.717, 1.165) is 0 Å². The molecule has 0 unspecified atom stereocenters. The number of nitrogens with zero attached hydrogens (tertiary/aromatic N) is 1. The third kappa shape index (κ3) is 2.98. The second-order valence-electron chi connectivity index (χ2n) is 3.07. The Hall–Kier alpha value is -2.04. The van der Waals surface area contributed by atoms with Gasteiger partial charge in [-0.2, -0.15) is 5.10 Å². The predicted molar refractivity (Wildman–Crippen MR) is 55.8 cm³/mol. The van der Waals surface area contributed by atoms with E-state index in [-0.39, 0.29) is 17.4 Å². The van der Waals surface area contributed by atoms with Gasteiger partial charge >= 0.3 is 0 Å². The molecular formula is C10H12N2O3. The van der Waals surface area contributed by atoms with E-state index >= 15 is 0 Å². The van der Waals surface area contributed by atoms with Crippen molar-refractivity contribution in [3.63, 3.8) is 0 Å². The van der Waals surface area contributed by atoms with Gasteiger partial charge in [-0.3, -0.25) is 4.79 Å². The van der Waals surface area contributed by atoms with Crippen molar-refractivity contribution in [3.05, 3.63) is 23.8 Å². The van der Waals surface area contributed by atoms with Crippen LogP contribution in [0.25, 0.3) is 0 Å². The van der Waals surface area contributed by atoms with Gasteiger partial charge in [-0.15, -0.1) is 0 Å². The molecular weight excluding hydrogens is 196 g/mol. The van der Waals surface area contributed by atoms with Gasteiger partial charge in [0, 0.05) is 18.6 Å². The molecule has 1 amide bonds. The van der Waals surface area contributed by atoms with Crippen molar-refractivity contribution in [1.29, 1.82) is 0 Å². The minimum atomic E-state index is -0.285. The molecule has 0 aliphatic carbocycles. The predicted octanol–water partition coefficient (Wildman–Crippen LogP) is 0.958. The van der Waals surface area contributed by atoms with E-state index in [0.29, 0.717) is 11.3 Å². The Morgan fingerprint density at radius 2 is 2.00 bits per heavy atom. The number of carbonyl (C=O) groups is 1. The number of amides is 1. The average molecular weight is 208 g/mol. The van der Waals surface area contributed by atoms with Crippen molar-refractivity contribution in [2.45, 2.75) is 13.8 Å². The Labute approximate surface area is 87.1 Å². The van der Waals surface area contributed by atoms with Gasteiger partial charge in [0.1, 0.15) is 11.5 Å². The normalized spacial score (nSPS) is 11.2. The number of rotatable bonds is 2. The van der Waals surface area contributed by atoms with E-state index in [1.165, 1.54) is 25.1 Å². The molecule has 5 nitrogen and oxygen atoms in total. The van der Waals surface area contributed by atoms with Crippen molar-refractivity contribution >= 4 is 11.6 Å². The highest BCUT2D eigenvalue weighted by Crippen LogP contribution is 2.22. The smallest absolute Gasteiger partial charge is 0.236 e. The van der Waals surface area contributed by atoms with Crippen molar-refractivity contribution in [2.75, 3.05) is 0 Å². The van der Waals surface area contributed by atoms with E-state index in [1.54, 1.807) is 6.92 Å². The van der Waals surface area contributed by atoms with Crippen LogP contribution in [0.4, 0.5) is 0 Å². The number of hydrazone groups is 1. The van der Waals surface area contributed by atoms with Crippen LogP contribution in [0.1, 0.15) is 19.4 Å². The van der Waals surface area contributed by atoms with E-state index in [9.17, 15) is 9.90 Å². The van der Waals surface area contributed by atoms with Gasteiger partial charge < -0.3 is 10.2 Å². The van der Waals surface area contributed by atoms with Gasteiger partial charge in [0.2, 0.25) is 5.91 Å². The lowest BCUT2D eigenvalue weighted by Crippen LogP contribution is -2.15. The molecule has 0 radical (unpaired) electrons. The zero-order valence-electron chi connectivity index (χ0n) is 8.48. The molecule has 0 aliphatic heterocycles. The van der Waals surface area contributed by atoms with Crippen molar-refractivity contribution < 1.29 is 15.0 Å². The minimum absolute atomic E-state index is 0.0245. The van der Waals surface area contributed by atoms with Gasteiger partial charge in [0.25, 0.3) is 0 Å². The van der Waals surface area contributed by atoms with E-state index in [2.05, 4.69) is 10.5 Å². The van der Waals surface area contributed by atoms with Crippen LogP contribution in [0.5, 0.6) is 11.5 Å². The maximum atomic E-state index is 10.6. The summed E-state index contributed by atoms with van der Waals surface area (Å²) in [5.41, 5.74) is 3.18. The molecule has 80 valence electrons. The number of carbonyl (C=O) groups excluding carboxylic acids is 1. The second-order valence-corrected chi connectivity index (χ2v) is 3.07. The van der Waals surface area contributed by atoms with Crippen LogP contribution in [0, 0.1) is 0 Å². The monoisotopic (exact) mass is 208 g/mol. The SMILES string of the molecule is CC(=O)NN=C(C)c1ccc(O)cc1O. The van der Waals surface area contributed by atoms with Crippen LogP contribution < -0.4 is 5.43 Å². The van der Waals surface area contributed by atoms with Gasteiger partial charge in [0.15, 0.2) is 0 Å². The molecule has 0 bridgehead atoms. The van der Waals surface area contributed by atoms with Crippen LogP contribution >= 0.6 is 0 Å². The summed E-state index contributed by atoms with van der Waals surface area (Å²) in [7, 11) is 0. The molecule has 1 aromatic rings. The summed E-state index contributed by atoms with van der Waals surface area (Å²) >= 11 is 0. The minimum Gasteiger partial charge on any atom is -0.508 e. The van der Waals surface area contributed by atoms with Gasteiger partial charge in [-0.1, -0.05) is 0 Å². The summed E-state index contributed by atoms with van der Waals surface area (Å²) < 4.78 is 0. The number of benzene rings is 1. The summed E-state index contributed by atoms with van der Waals surface area (Å²) in [5, 5.41) is 22.3. The molecule has 0 fully saturated rings. The lowest BCUT2D eigenvalue weighted by atomic mass is 10.1. The molecule has 0 heterocycles. The van der Waals surface area contributed by atoms with Crippen molar-refractivity contribution in [1.82, 2.24) is 5.43 Å². The number of phenols is 2. The van der Waals surface area contributed by atoms with E-state index in [1.807, 2.05) is 0 Å². The topological polar surface area (TPSA) is 81.9 Å². The molecule has 5 heteroatoms. The Bertz CT molecular complexity index is 413. The summed E-state index contributed by atoms with van der Waals surface area (Å²) in [6.07, 6.45) is 0. The first-order valence-corrected chi connectivity index (χ1v) is 4.34. The molecule has 0 aromatic heterocycles. The first kappa shape index (κ1) is 11.0. The van der Waals surface area contributed by atoms with Crippen LogP contribution in [-0.4, -0.2) is 21.8 Å². The largest absolute Gasteiger partial charge is 0.508 e. The first-order chi connectivity index (χ1) is 7.00. The van der Waals surface area contributed by atoms with Gasteiger partial charge in [-0.05, 0) is 19.1 Å². The summed E-state index contributed by atoms with van der Waals surface area (Å²) in [6.45, 7) is 2.98. The zero-order chi connectivity index (χ0) is 11.4. The lowest BCUT2D eigenvalue weighted by molar-refractivity contribution is -0.118. The van der Waals surface area contributed by atoms with Gasteiger partial charge in [-0.25, -0.2) is 5.43 Å². The second kappa shape index (κ2) is 4.45. The van der Waals surface area contributed by atoms with Crippen molar-refractivity contribution in [2.24, 2.45) is 5.10 Å². The highest BCUT2D eigenvalue weighted by Gasteiger charge is 2.05. The Kier molecular flexibility index (Phi) is 3.28. The summed E-state index contributed by atoms with van der Waals surface area (Å²) in [5.74, 6) is -0.391. The molecule has 3 N–H and O–H groups in total. The highest BCUT2D eigenvalue weighted by atomic mass is 16.3. The van der Waals surface area contributed by atoms with E-state index < -0.39 is 0 Å². The number of aromatic hydroxyl groups is 2. The molecule has 0 aliphatic rings. The zero-order valence-corrected chi connectivity index (χ0v) is 8.48. The average Bonchev–Trinajstić information content (AvgIpc) is 2.14. The van der Waals surface area contributed by atoms with Crippen molar-refractivity contribution in [3.8, 4) is 11.5 Å². The lowest BCUT2D eigenvalue weighted by Gasteiger charge is -2.04. The van der Waals surface area contributed by atoms with Crippen LogP contribution in [0.15, 0.2) is 23.3 Å². The van der Waals surface area contributed by atoms with Gasteiger partial charge in [0.05, 0.1) is 5.71 Å². The quantitative estimate of drug-likeness (QED) is 0.500. The van der Waals surface area contributed by atoms with Crippen LogP contribution in [-0.2, 0) is 4.79 Å². The fourth-order valence-corrected chi connectivity index (χ4v) is 1.05. The Morgan fingerprint density at radius 3 is 2.53 bits per heavy atom. The molecule has 15 heavy (non-hydrogen) atoms.